The summed E-state index contributed by atoms with van der Waals surface area (Å²) in [5.41, 5.74) is 14.0. The predicted molar refractivity (Wildman–Crippen MR) is 134 cm³/mol. The van der Waals surface area contributed by atoms with E-state index in [-0.39, 0.29) is 24.5 Å². The van der Waals surface area contributed by atoms with Gasteiger partial charge < -0.3 is 25.7 Å². The molecule has 1 fully saturated rings. The third kappa shape index (κ3) is 4.93. The first kappa shape index (κ1) is 25.6. The second-order valence-corrected chi connectivity index (χ2v) is 9.46. The van der Waals surface area contributed by atoms with E-state index in [2.05, 4.69) is 19.9 Å². The molecule has 1 aliphatic rings. The maximum Gasteiger partial charge on any atom is 0.240 e. The Bertz CT molecular complexity index is 1460. The van der Waals surface area contributed by atoms with E-state index in [0.29, 0.717) is 47.5 Å². The lowest BCUT2D eigenvalue weighted by Crippen LogP contribution is -2.55. The van der Waals surface area contributed by atoms with Gasteiger partial charge in [-0.15, -0.1) is 0 Å². The zero-order chi connectivity index (χ0) is 27.0. The smallest absolute Gasteiger partial charge is 0.240 e. The number of alkyl halides is 2. The standard InChI is InChI=1S/C25H26F4N8O/c1-38-22-16(26)5-14(6-17(22)27)18-7-15(10-37-13-35-21-23(30)33-12-34-24(21)37)19(9-32-18)36-4-2-3-25(31,11-36)8-20(28)29/h5-7,9,12-13,20H,2-4,8,10-11,31H2,1H3,(H2,30,33,34)/t25-/m0/s1. The lowest BCUT2D eigenvalue weighted by atomic mass is 9.86. The number of methoxy groups -OCH3 is 1. The third-order valence-electron chi connectivity index (χ3n) is 6.74. The van der Waals surface area contributed by atoms with Crippen molar-refractivity contribution in [2.75, 3.05) is 30.8 Å². The molecule has 1 aliphatic heterocycles. The summed E-state index contributed by atoms with van der Waals surface area (Å²) in [4.78, 5) is 18.9. The number of piperidine rings is 1. The average Bonchev–Trinajstić information content (AvgIpc) is 3.27. The molecule has 5 rings (SSSR count). The van der Waals surface area contributed by atoms with Crippen LogP contribution in [0.15, 0.2) is 37.1 Å². The highest BCUT2D eigenvalue weighted by Gasteiger charge is 2.35. The number of imidazole rings is 1. The number of rotatable bonds is 7. The van der Waals surface area contributed by atoms with Gasteiger partial charge in [-0.3, -0.25) is 4.98 Å². The van der Waals surface area contributed by atoms with Crippen LogP contribution in [0.2, 0.25) is 0 Å². The molecule has 9 nitrogen and oxygen atoms in total. The largest absolute Gasteiger partial charge is 0.491 e. The molecule has 13 heteroatoms. The van der Waals surface area contributed by atoms with Gasteiger partial charge in [-0.05, 0) is 36.6 Å². The van der Waals surface area contributed by atoms with Crippen molar-refractivity contribution in [1.82, 2.24) is 24.5 Å². The number of halogens is 4. The van der Waals surface area contributed by atoms with Crippen LogP contribution in [0.1, 0.15) is 24.8 Å². The highest BCUT2D eigenvalue weighted by molar-refractivity contribution is 5.81. The number of benzene rings is 1. The van der Waals surface area contributed by atoms with Crippen molar-refractivity contribution in [3.05, 3.63) is 54.2 Å². The Hall–Kier alpha value is -4.00. The SMILES string of the molecule is COc1c(F)cc(-c2cc(Cn3cnc4c(N)ncnc43)c(N3CCC[C@](N)(CC(F)F)C3)cn2)cc1F. The van der Waals surface area contributed by atoms with Gasteiger partial charge >= 0.3 is 0 Å². The molecule has 0 amide bonds. The first-order valence-corrected chi connectivity index (χ1v) is 11.9. The Morgan fingerprint density at radius 1 is 1.11 bits per heavy atom. The fourth-order valence-corrected chi connectivity index (χ4v) is 5.00. The van der Waals surface area contributed by atoms with E-state index in [9.17, 15) is 17.6 Å². The molecule has 0 aliphatic carbocycles. The molecule has 0 radical (unpaired) electrons. The van der Waals surface area contributed by atoms with Gasteiger partial charge in [0.1, 0.15) is 11.8 Å². The zero-order valence-electron chi connectivity index (χ0n) is 20.5. The van der Waals surface area contributed by atoms with Crippen molar-refractivity contribution in [3.63, 3.8) is 0 Å². The minimum atomic E-state index is -2.53. The van der Waals surface area contributed by atoms with Crippen LogP contribution in [-0.4, -0.2) is 56.7 Å². The summed E-state index contributed by atoms with van der Waals surface area (Å²) < 4.78 is 62.0. The summed E-state index contributed by atoms with van der Waals surface area (Å²) in [6, 6.07) is 3.98. The van der Waals surface area contributed by atoms with Crippen LogP contribution < -0.4 is 21.1 Å². The monoisotopic (exact) mass is 530 g/mol. The number of fused-ring (bicyclic) bond motifs is 1. The van der Waals surface area contributed by atoms with E-state index in [1.165, 1.54) is 13.4 Å². The van der Waals surface area contributed by atoms with Crippen molar-refractivity contribution in [3.8, 4) is 17.0 Å². The quantitative estimate of drug-likeness (QED) is 0.347. The van der Waals surface area contributed by atoms with Gasteiger partial charge in [0.25, 0.3) is 0 Å². The van der Waals surface area contributed by atoms with Crippen molar-refractivity contribution in [2.45, 2.75) is 37.8 Å². The molecule has 0 bridgehead atoms. The number of ether oxygens (including phenoxy) is 1. The van der Waals surface area contributed by atoms with E-state index in [0.717, 1.165) is 12.1 Å². The number of nitrogens with zero attached hydrogens (tertiary/aromatic N) is 6. The van der Waals surface area contributed by atoms with Crippen LogP contribution in [0.4, 0.5) is 29.1 Å². The van der Waals surface area contributed by atoms with Crippen LogP contribution in [0.25, 0.3) is 22.4 Å². The number of nitrogen functional groups attached to an aromatic ring is 1. The number of hydrogen-bond donors (Lipinski definition) is 2. The Balaban J connectivity index is 1.58. The molecule has 200 valence electrons. The van der Waals surface area contributed by atoms with Gasteiger partial charge in [0.15, 0.2) is 28.8 Å². The summed E-state index contributed by atoms with van der Waals surface area (Å²) in [6.07, 6.45) is 2.61. The van der Waals surface area contributed by atoms with Gasteiger partial charge in [0.05, 0.1) is 37.6 Å². The van der Waals surface area contributed by atoms with Crippen LogP contribution in [0, 0.1) is 11.6 Å². The van der Waals surface area contributed by atoms with E-state index in [1.54, 1.807) is 23.2 Å². The normalized spacial score (nSPS) is 17.9. The van der Waals surface area contributed by atoms with Crippen molar-refractivity contribution in [2.24, 2.45) is 5.73 Å². The third-order valence-corrected chi connectivity index (χ3v) is 6.74. The van der Waals surface area contributed by atoms with E-state index < -0.39 is 35.8 Å². The van der Waals surface area contributed by atoms with E-state index in [4.69, 9.17) is 16.2 Å². The Morgan fingerprint density at radius 3 is 2.58 bits per heavy atom. The van der Waals surface area contributed by atoms with Gasteiger partial charge in [0, 0.05) is 30.6 Å². The Morgan fingerprint density at radius 2 is 1.87 bits per heavy atom. The molecular weight excluding hydrogens is 504 g/mol. The first-order chi connectivity index (χ1) is 18.2. The Kier molecular flexibility index (Phi) is 6.78. The molecule has 4 N–H and O–H groups in total. The molecule has 0 saturated carbocycles. The molecule has 0 unspecified atom stereocenters. The summed E-state index contributed by atoms with van der Waals surface area (Å²) in [5, 5.41) is 0. The number of anilines is 2. The minimum Gasteiger partial charge on any atom is -0.491 e. The van der Waals surface area contributed by atoms with Crippen molar-refractivity contribution >= 4 is 22.7 Å². The molecule has 1 saturated heterocycles. The highest BCUT2D eigenvalue weighted by atomic mass is 19.3. The predicted octanol–water partition coefficient (Wildman–Crippen LogP) is 3.76. The van der Waals surface area contributed by atoms with Crippen molar-refractivity contribution < 1.29 is 22.3 Å². The maximum absolute atomic E-state index is 14.5. The molecule has 0 spiro atoms. The summed E-state index contributed by atoms with van der Waals surface area (Å²) in [6.45, 7) is 1.03. The molecular formula is C25H26F4N8O. The fraction of sp³-hybridized carbons (Fsp3) is 0.360. The molecule has 1 atom stereocenters. The number of aromatic nitrogens is 5. The van der Waals surface area contributed by atoms with Gasteiger partial charge in [-0.1, -0.05) is 0 Å². The lowest BCUT2D eigenvalue weighted by Gasteiger charge is -2.42. The highest BCUT2D eigenvalue weighted by Crippen LogP contribution is 2.34. The number of nitrogens with two attached hydrogens (primary N) is 2. The molecule has 1 aromatic carbocycles. The van der Waals surface area contributed by atoms with Gasteiger partial charge in [-0.2, -0.15) is 0 Å². The summed E-state index contributed by atoms with van der Waals surface area (Å²) in [5.74, 6) is -1.98. The van der Waals surface area contributed by atoms with Gasteiger partial charge in [0.2, 0.25) is 6.43 Å². The van der Waals surface area contributed by atoms with E-state index >= 15 is 0 Å². The average molecular weight is 531 g/mol. The number of pyridine rings is 1. The zero-order valence-corrected chi connectivity index (χ0v) is 20.5. The summed E-state index contributed by atoms with van der Waals surface area (Å²) >= 11 is 0. The van der Waals surface area contributed by atoms with Crippen LogP contribution >= 0.6 is 0 Å². The van der Waals surface area contributed by atoms with Crippen LogP contribution in [0.5, 0.6) is 5.75 Å². The first-order valence-electron chi connectivity index (χ1n) is 11.9. The minimum absolute atomic E-state index is 0.205. The fourth-order valence-electron chi connectivity index (χ4n) is 5.00. The van der Waals surface area contributed by atoms with Gasteiger partial charge in [-0.25, -0.2) is 32.5 Å². The Labute approximate surface area is 215 Å². The molecule has 3 aromatic heterocycles. The molecule has 38 heavy (non-hydrogen) atoms. The molecule has 4 heterocycles. The van der Waals surface area contributed by atoms with Crippen LogP contribution in [0.3, 0.4) is 0 Å². The van der Waals surface area contributed by atoms with Crippen molar-refractivity contribution in [1.29, 1.82) is 0 Å². The maximum atomic E-state index is 14.5. The summed E-state index contributed by atoms with van der Waals surface area (Å²) in [7, 11) is 1.18. The van der Waals surface area contributed by atoms with Crippen LogP contribution in [-0.2, 0) is 6.54 Å². The lowest BCUT2D eigenvalue weighted by molar-refractivity contribution is 0.0983. The second-order valence-electron chi connectivity index (χ2n) is 9.46. The van der Waals surface area contributed by atoms with E-state index in [1.807, 2.05) is 4.90 Å². The number of hydrogen-bond acceptors (Lipinski definition) is 8. The molecule has 4 aromatic rings. The second kappa shape index (κ2) is 10.0. The topological polar surface area (TPSA) is 121 Å².